The average Bonchev–Trinajstić information content (AvgIpc) is 2.40. The van der Waals surface area contributed by atoms with Crippen LogP contribution in [0.2, 0.25) is 5.02 Å². The van der Waals surface area contributed by atoms with Crippen molar-refractivity contribution in [1.29, 1.82) is 0 Å². The van der Waals surface area contributed by atoms with E-state index in [4.69, 9.17) is 11.6 Å². The number of aliphatic hydroxyl groups excluding tert-OH is 1. The molecule has 2 rings (SSSR count). The summed E-state index contributed by atoms with van der Waals surface area (Å²) in [7, 11) is 0. The Kier molecular flexibility index (Phi) is 2.65. The van der Waals surface area contributed by atoms with Gasteiger partial charge in [-0.1, -0.05) is 23.7 Å². The Bertz CT molecular complexity index is 364. The fourth-order valence-electron chi connectivity index (χ4n) is 2.30. The van der Waals surface area contributed by atoms with Crippen molar-refractivity contribution in [3.63, 3.8) is 0 Å². The maximum Gasteiger partial charge on any atom is 0.0737 e. The first-order chi connectivity index (χ1) is 7.00. The highest BCUT2D eigenvalue weighted by Gasteiger charge is 2.38. The van der Waals surface area contributed by atoms with Crippen LogP contribution in [0.15, 0.2) is 24.3 Å². The van der Waals surface area contributed by atoms with E-state index in [1.807, 2.05) is 24.3 Å². The molecule has 1 N–H and O–H groups in total. The van der Waals surface area contributed by atoms with Gasteiger partial charge in [0, 0.05) is 12.1 Å². The van der Waals surface area contributed by atoms with E-state index < -0.39 is 0 Å². The molecule has 1 aliphatic rings. The van der Waals surface area contributed by atoms with Crippen LogP contribution in [0.3, 0.4) is 0 Å². The molecule has 0 saturated carbocycles. The van der Waals surface area contributed by atoms with Gasteiger partial charge < -0.3 is 10.0 Å². The van der Waals surface area contributed by atoms with Gasteiger partial charge in [-0.15, -0.1) is 0 Å². The minimum absolute atomic E-state index is 0.0234. The number of aliphatic hydroxyl groups is 1. The van der Waals surface area contributed by atoms with Crippen molar-refractivity contribution in [1.82, 2.24) is 0 Å². The molecule has 1 aromatic rings. The van der Waals surface area contributed by atoms with Crippen molar-refractivity contribution in [3.05, 3.63) is 29.3 Å². The lowest BCUT2D eigenvalue weighted by atomic mass is 10.0. The number of β-amino-alcohol motifs (C(OH)–C–C–N with tert-alkyl or cyclic N) is 1. The highest BCUT2D eigenvalue weighted by atomic mass is 35.5. The number of para-hydroxylation sites is 1. The monoisotopic (exact) mass is 225 g/mol. The first kappa shape index (κ1) is 10.8. The molecule has 1 heterocycles. The zero-order valence-corrected chi connectivity index (χ0v) is 9.83. The van der Waals surface area contributed by atoms with Gasteiger partial charge >= 0.3 is 0 Å². The van der Waals surface area contributed by atoms with E-state index in [2.05, 4.69) is 18.7 Å². The fraction of sp³-hybridized carbons (Fsp3) is 0.500. The molecule has 3 heteroatoms. The van der Waals surface area contributed by atoms with Crippen LogP contribution in [0.5, 0.6) is 0 Å². The minimum Gasteiger partial charge on any atom is -0.391 e. The highest BCUT2D eigenvalue weighted by Crippen LogP contribution is 2.37. The third-order valence-corrected chi connectivity index (χ3v) is 3.32. The fourth-order valence-corrected chi connectivity index (χ4v) is 2.54. The Morgan fingerprint density at radius 1 is 1.40 bits per heavy atom. The largest absolute Gasteiger partial charge is 0.391 e. The van der Waals surface area contributed by atoms with Crippen molar-refractivity contribution in [2.75, 3.05) is 11.4 Å². The van der Waals surface area contributed by atoms with Crippen LogP contribution in [0.4, 0.5) is 5.69 Å². The van der Waals surface area contributed by atoms with Gasteiger partial charge in [-0.25, -0.2) is 0 Å². The molecule has 2 nitrogen and oxygen atoms in total. The topological polar surface area (TPSA) is 23.5 Å². The lowest BCUT2D eigenvalue weighted by Gasteiger charge is -2.33. The summed E-state index contributed by atoms with van der Waals surface area (Å²) in [6.45, 7) is 4.93. The summed E-state index contributed by atoms with van der Waals surface area (Å²) in [5.41, 5.74) is 0.991. The van der Waals surface area contributed by atoms with E-state index in [0.717, 1.165) is 17.1 Å². The summed E-state index contributed by atoms with van der Waals surface area (Å²) in [5.74, 6) is 0. The smallest absolute Gasteiger partial charge is 0.0737 e. The Hall–Kier alpha value is -0.730. The van der Waals surface area contributed by atoms with Gasteiger partial charge in [0.15, 0.2) is 0 Å². The molecule has 0 aliphatic carbocycles. The summed E-state index contributed by atoms with van der Waals surface area (Å²) < 4.78 is 0. The molecule has 1 saturated heterocycles. The van der Waals surface area contributed by atoms with Gasteiger partial charge in [0.25, 0.3) is 0 Å². The summed E-state index contributed by atoms with van der Waals surface area (Å²) in [6, 6.07) is 7.78. The number of rotatable bonds is 1. The zero-order chi connectivity index (χ0) is 11.1. The molecule has 82 valence electrons. The van der Waals surface area contributed by atoms with Crippen LogP contribution in [0.25, 0.3) is 0 Å². The number of benzene rings is 1. The van der Waals surface area contributed by atoms with E-state index in [-0.39, 0.29) is 11.6 Å². The molecule has 1 aromatic carbocycles. The Morgan fingerprint density at radius 3 is 2.60 bits per heavy atom. The van der Waals surface area contributed by atoms with Gasteiger partial charge in [0.1, 0.15) is 0 Å². The van der Waals surface area contributed by atoms with Gasteiger partial charge in [-0.2, -0.15) is 0 Å². The molecule has 0 amide bonds. The molecule has 15 heavy (non-hydrogen) atoms. The molecular formula is C12H16ClNO. The van der Waals surface area contributed by atoms with E-state index >= 15 is 0 Å². The van der Waals surface area contributed by atoms with E-state index in [1.165, 1.54) is 0 Å². The molecule has 0 aromatic heterocycles. The van der Waals surface area contributed by atoms with Gasteiger partial charge in [0.05, 0.1) is 16.8 Å². The van der Waals surface area contributed by atoms with Crippen LogP contribution < -0.4 is 4.90 Å². The van der Waals surface area contributed by atoms with Crippen LogP contribution in [0, 0.1) is 0 Å². The van der Waals surface area contributed by atoms with E-state index in [9.17, 15) is 5.11 Å². The summed E-state index contributed by atoms with van der Waals surface area (Å²) >= 11 is 6.16. The van der Waals surface area contributed by atoms with Crippen LogP contribution in [-0.4, -0.2) is 23.3 Å². The lowest BCUT2D eigenvalue weighted by molar-refractivity contribution is 0.188. The van der Waals surface area contributed by atoms with Gasteiger partial charge in [-0.05, 0) is 32.4 Å². The maximum atomic E-state index is 9.70. The van der Waals surface area contributed by atoms with Crippen molar-refractivity contribution in [2.45, 2.75) is 31.9 Å². The first-order valence-electron chi connectivity index (χ1n) is 5.21. The minimum atomic E-state index is -0.253. The Labute approximate surface area is 95.5 Å². The van der Waals surface area contributed by atoms with Gasteiger partial charge in [-0.3, -0.25) is 0 Å². The maximum absolute atomic E-state index is 9.70. The van der Waals surface area contributed by atoms with Crippen LogP contribution >= 0.6 is 11.6 Å². The Balaban J connectivity index is 2.36. The molecular weight excluding hydrogens is 210 g/mol. The third-order valence-electron chi connectivity index (χ3n) is 3.00. The third kappa shape index (κ3) is 1.97. The van der Waals surface area contributed by atoms with Gasteiger partial charge in [0.2, 0.25) is 0 Å². The second-order valence-corrected chi connectivity index (χ2v) is 5.14. The van der Waals surface area contributed by atoms with Crippen LogP contribution in [-0.2, 0) is 0 Å². The number of hydrogen-bond acceptors (Lipinski definition) is 2. The molecule has 1 unspecified atom stereocenters. The van der Waals surface area contributed by atoms with Crippen molar-refractivity contribution in [2.24, 2.45) is 0 Å². The van der Waals surface area contributed by atoms with Crippen LogP contribution in [0.1, 0.15) is 20.3 Å². The number of nitrogens with zero attached hydrogens (tertiary/aromatic N) is 1. The zero-order valence-electron chi connectivity index (χ0n) is 9.07. The molecule has 0 spiro atoms. The molecule has 1 fully saturated rings. The van der Waals surface area contributed by atoms with Crippen molar-refractivity contribution in [3.8, 4) is 0 Å². The summed E-state index contributed by atoms with van der Waals surface area (Å²) in [5, 5.41) is 10.5. The second kappa shape index (κ2) is 3.69. The van der Waals surface area contributed by atoms with E-state index in [0.29, 0.717) is 6.54 Å². The molecule has 0 radical (unpaired) electrons. The quantitative estimate of drug-likeness (QED) is 0.795. The number of anilines is 1. The molecule has 1 aliphatic heterocycles. The van der Waals surface area contributed by atoms with Crippen molar-refractivity contribution < 1.29 is 5.11 Å². The lowest BCUT2D eigenvalue weighted by Crippen LogP contribution is -2.38. The van der Waals surface area contributed by atoms with E-state index in [1.54, 1.807) is 0 Å². The first-order valence-corrected chi connectivity index (χ1v) is 5.59. The predicted octanol–water partition coefficient (Wildman–Crippen LogP) is 2.69. The van der Waals surface area contributed by atoms with Crippen molar-refractivity contribution >= 4 is 17.3 Å². The highest BCUT2D eigenvalue weighted by molar-refractivity contribution is 6.33. The standard InChI is InChI=1S/C12H16ClNO/c1-12(2)7-9(15)8-14(12)11-6-4-3-5-10(11)13/h3-6,9,15H,7-8H2,1-2H3. The average molecular weight is 226 g/mol. The predicted molar refractivity (Wildman–Crippen MR) is 63.5 cm³/mol. The number of hydrogen-bond donors (Lipinski definition) is 1. The Morgan fingerprint density at radius 2 is 2.07 bits per heavy atom. The normalized spacial score (nSPS) is 24.5. The SMILES string of the molecule is CC1(C)CC(O)CN1c1ccccc1Cl. The number of halogens is 1. The second-order valence-electron chi connectivity index (χ2n) is 4.73. The summed E-state index contributed by atoms with van der Waals surface area (Å²) in [4.78, 5) is 2.18. The summed E-state index contributed by atoms with van der Waals surface area (Å²) in [6.07, 6.45) is 0.536. The molecule has 1 atom stereocenters. The molecule has 0 bridgehead atoms.